The van der Waals surface area contributed by atoms with Crippen LogP contribution in [0.1, 0.15) is 18.6 Å². The summed E-state index contributed by atoms with van der Waals surface area (Å²) in [5, 5.41) is 0. The van der Waals surface area contributed by atoms with E-state index in [0.717, 1.165) is 5.56 Å². The maximum atomic E-state index is 12.2. The molecule has 2 saturated heterocycles. The SMILES string of the molecule is C[C@H]1OC(=O)[C@]2(C(O[Si](C)(C)C)c3ccccc3)O[C@H]12. The fourth-order valence-electron chi connectivity index (χ4n) is 2.81. The number of ether oxygens (including phenoxy) is 2. The predicted molar refractivity (Wildman–Crippen MR) is 76.8 cm³/mol. The normalized spacial score (nSPS) is 33.5. The Balaban J connectivity index is 1.98. The summed E-state index contributed by atoms with van der Waals surface area (Å²) in [6.07, 6.45) is -0.756. The van der Waals surface area contributed by atoms with Gasteiger partial charge in [-0.2, -0.15) is 0 Å². The molecule has 0 saturated carbocycles. The highest BCUT2D eigenvalue weighted by molar-refractivity contribution is 6.69. The summed E-state index contributed by atoms with van der Waals surface area (Å²) in [5.74, 6) is -0.290. The van der Waals surface area contributed by atoms with Gasteiger partial charge in [0.15, 0.2) is 8.32 Å². The van der Waals surface area contributed by atoms with Crippen molar-refractivity contribution < 1.29 is 18.7 Å². The summed E-state index contributed by atoms with van der Waals surface area (Å²) in [6, 6.07) is 9.82. The third-order valence-electron chi connectivity index (χ3n) is 3.69. The molecule has 2 aliphatic rings. The number of hydrogen-bond acceptors (Lipinski definition) is 4. The Kier molecular flexibility index (Phi) is 3.04. The fourth-order valence-corrected chi connectivity index (χ4v) is 3.83. The van der Waals surface area contributed by atoms with Crippen LogP contribution in [-0.4, -0.2) is 32.1 Å². The Bertz CT molecular complexity index is 524. The van der Waals surface area contributed by atoms with Crippen LogP contribution >= 0.6 is 0 Å². The summed E-state index contributed by atoms with van der Waals surface area (Å²) >= 11 is 0. The van der Waals surface area contributed by atoms with Crippen molar-refractivity contribution in [3.05, 3.63) is 35.9 Å². The van der Waals surface area contributed by atoms with Gasteiger partial charge in [-0.1, -0.05) is 30.3 Å². The van der Waals surface area contributed by atoms with Crippen molar-refractivity contribution in [2.75, 3.05) is 0 Å². The average molecular weight is 292 g/mol. The standard InChI is InChI=1S/C15H20O4Si/c1-10-12-15(18-12,14(16)17-10)13(19-20(2,3)4)11-8-6-5-7-9-11/h5-10,12-13H,1-4H3/t10-,12-,13?,15+/m1/s1. The molecule has 0 bridgehead atoms. The van der Waals surface area contributed by atoms with Crippen LogP contribution in [0.25, 0.3) is 0 Å². The lowest BCUT2D eigenvalue weighted by atomic mass is 9.93. The highest BCUT2D eigenvalue weighted by Gasteiger charge is 2.76. The van der Waals surface area contributed by atoms with Gasteiger partial charge in [-0.15, -0.1) is 0 Å². The second-order valence-corrected chi connectivity index (χ2v) is 10.9. The molecule has 20 heavy (non-hydrogen) atoms. The zero-order valence-corrected chi connectivity index (χ0v) is 13.3. The average Bonchev–Trinajstić information content (AvgIpc) is 3.07. The van der Waals surface area contributed by atoms with Gasteiger partial charge in [0.1, 0.15) is 18.3 Å². The Morgan fingerprint density at radius 1 is 1.25 bits per heavy atom. The predicted octanol–water partition coefficient (Wildman–Crippen LogP) is 2.66. The number of carbonyl (C=O) groups is 1. The molecule has 0 aliphatic carbocycles. The van der Waals surface area contributed by atoms with Crippen LogP contribution in [-0.2, 0) is 18.7 Å². The summed E-state index contributed by atoms with van der Waals surface area (Å²) < 4.78 is 17.3. The number of hydrogen-bond donors (Lipinski definition) is 0. The Hall–Kier alpha value is -1.17. The minimum absolute atomic E-state index is 0.184. The second kappa shape index (κ2) is 4.41. The first-order chi connectivity index (χ1) is 9.34. The first-order valence-corrected chi connectivity index (χ1v) is 10.4. The molecule has 2 aliphatic heterocycles. The van der Waals surface area contributed by atoms with Crippen LogP contribution in [0, 0.1) is 0 Å². The number of rotatable bonds is 4. The first-order valence-electron chi connectivity index (χ1n) is 6.96. The molecule has 0 N–H and O–H groups in total. The van der Waals surface area contributed by atoms with Gasteiger partial charge < -0.3 is 13.9 Å². The van der Waals surface area contributed by atoms with E-state index in [-0.39, 0.29) is 24.3 Å². The number of carbonyl (C=O) groups excluding carboxylic acids is 1. The monoisotopic (exact) mass is 292 g/mol. The quantitative estimate of drug-likeness (QED) is 0.486. The van der Waals surface area contributed by atoms with Crippen molar-refractivity contribution in [2.45, 2.75) is 50.5 Å². The van der Waals surface area contributed by atoms with Gasteiger partial charge in [0, 0.05) is 0 Å². The van der Waals surface area contributed by atoms with Crippen LogP contribution in [0.5, 0.6) is 0 Å². The molecule has 1 unspecified atom stereocenters. The van der Waals surface area contributed by atoms with Crippen molar-refractivity contribution in [2.24, 2.45) is 0 Å². The smallest absolute Gasteiger partial charge is 0.344 e. The number of esters is 1. The fraction of sp³-hybridized carbons (Fsp3) is 0.533. The lowest BCUT2D eigenvalue weighted by molar-refractivity contribution is -0.156. The molecule has 5 heteroatoms. The summed E-state index contributed by atoms with van der Waals surface area (Å²) in [6.45, 7) is 8.20. The van der Waals surface area contributed by atoms with E-state index in [2.05, 4.69) is 19.6 Å². The van der Waals surface area contributed by atoms with Gasteiger partial charge in [0.2, 0.25) is 5.60 Å². The minimum Gasteiger partial charge on any atom is -0.457 e. The van der Waals surface area contributed by atoms with Gasteiger partial charge in [-0.3, -0.25) is 0 Å². The third kappa shape index (κ3) is 2.10. The van der Waals surface area contributed by atoms with Crippen LogP contribution < -0.4 is 0 Å². The van der Waals surface area contributed by atoms with E-state index in [0.29, 0.717) is 0 Å². The van der Waals surface area contributed by atoms with E-state index in [1.807, 2.05) is 37.3 Å². The molecule has 0 amide bonds. The molecule has 2 heterocycles. The topological polar surface area (TPSA) is 48.1 Å². The third-order valence-corrected chi connectivity index (χ3v) is 4.63. The van der Waals surface area contributed by atoms with Crippen molar-refractivity contribution in [3.63, 3.8) is 0 Å². The highest BCUT2D eigenvalue weighted by Crippen LogP contribution is 2.56. The van der Waals surface area contributed by atoms with Crippen LogP contribution in [0.4, 0.5) is 0 Å². The van der Waals surface area contributed by atoms with E-state index in [9.17, 15) is 4.79 Å². The van der Waals surface area contributed by atoms with Gasteiger partial charge in [-0.25, -0.2) is 4.79 Å². The number of benzene rings is 1. The summed E-state index contributed by atoms with van der Waals surface area (Å²) in [5.41, 5.74) is 0.0459. The van der Waals surface area contributed by atoms with Crippen molar-refractivity contribution in [3.8, 4) is 0 Å². The number of cyclic esters (lactones) is 1. The molecule has 1 aromatic rings. The van der Waals surface area contributed by atoms with Crippen molar-refractivity contribution in [1.29, 1.82) is 0 Å². The Morgan fingerprint density at radius 2 is 1.90 bits per heavy atom. The van der Waals surface area contributed by atoms with E-state index < -0.39 is 13.9 Å². The Morgan fingerprint density at radius 3 is 2.35 bits per heavy atom. The molecular weight excluding hydrogens is 272 g/mol. The number of epoxide rings is 1. The van der Waals surface area contributed by atoms with Crippen LogP contribution in [0.2, 0.25) is 19.6 Å². The van der Waals surface area contributed by atoms with Crippen molar-refractivity contribution in [1.82, 2.24) is 0 Å². The molecule has 0 spiro atoms. The first kappa shape index (κ1) is 13.8. The van der Waals surface area contributed by atoms with Crippen LogP contribution in [0.15, 0.2) is 30.3 Å². The van der Waals surface area contributed by atoms with Gasteiger partial charge in [0.25, 0.3) is 0 Å². The molecule has 3 rings (SSSR count). The lowest BCUT2D eigenvalue weighted by Crippen LogP contribution is -2.39. The highest BCUT2D eigenvalue weighted by atomic mass is 28.4. The van der Waals surface area contributed by atoms with Gasteiger partial charge in [0.05, 0.1) is 0 Å². The van der Waals surface area contributed by atoms with Gasteiger partial charge in [-0.05, 0) is 32.1 Å². The molecule has 0 radical (unpaired) electrons. The zero-order valence-electron chi connectivity index (χ0n) is 12.3. The maximum Gasteiger partial charge on any atom is 0.344 e. The maximum absolute atomic E-state index is 12.2. The van der Waals surface area contributed by atoms with Crippen LogP contribution in [0.3, 0.4) is 0 Å². The van der Waals surface area contributed by atoms with E-state index >= 15 is 0 Å². The van der Waals surface area contributed by atoms with Crippen molar-refractivity contribution >= 4 is 14.3 Å². The summed E-state index contributed by atoms with van der Waals surface area (Å²) in [4.78, 5) is 12.2. The van der Waals surface area contributed by atoms with E-state index in [4.69, 9.17) is 13.9 Å². The molecule has 1 aromatic carbocycles. The molecule has 2 fully saturated rings. The number of fused-ring (bicyclic) bond motifs is 1. The molecular formula is C15H20O4Si. The molecule has 108 valence electrons. The Labute approximate surface area is 120 Å². The largest absolute Gasteiger partial charge is 0.457 e. The van der Waals surface area contributed by atoms with Gasteiger partial charge >= 0.3 is 5.97 Å². The van der Waals surface area contributed by atoms with E-state index in [1.54, 1.807) is 0 Å². The molecule has 4 atom stereocenters. The second-order valence-electron chi connectivity index (χ2n) is 6.46. The lowest BCUT2D eigenvalue weighted by Gasteiger charge is -2.29. The molecule has 0 aromatic heterocycles. The zero-order chi connectivity index (χ0) is 14.5. The van der Waals surface area contributed by atoms with E-state index in [1.165, 1.54) is 0 Å². The molecule has 4 nitrogen and oxygen atoms in total. The summed E-state index contributed by atoms with van der Waals surface area (Å²) in [7, 11) is -1.83. The minimum atomic E-state index is -1.83.